The first-order valence-electron chi connectivity index (χ1n) is 9.28. The van der Waals surface area contributed by atoms with Crippen LogP contribution in [0.2, 0.25) is 0 Å². The second-order valence-corrected chi connectivity index (χ2v) is 9.74. The number of nitrogens with one attached hydrogen (secondary N) is 3. The second kappa shape index (κ2) is 10.6. The number of rotatable bonds is 8. The van der Waals surface area contributed by atoms with E-state index in [0.29, 0.717) is 11.4 Å². The number of carbonyl (C=O) groups excluding carboxylic acids is 2. The molecule has 162 valence electrons. The molecule has 0 fully saturated rings. The number of sulfonamides is 1. The smallest absolute Gasteiger partial charge is 0.319 e. The summed E-state index contributed by atoms with van der Waals surface area (Å²) in [7, 11) is -2.05. The molecule has 0 radical (unpaired) electrons. The van der Waals surface area contributed by atoms with Gasteiger partial charge in [0.25, 0.3) is 0 Å². The molecule has 2 aromatic rings. The first-order chi connectivity index (χ1) is 14.1. The van der Waals surface area contributed by atoms with Crippen molar-refractivity contribution in [3.8, 4) is 0 Å². The van der Waals surface area contributed by atoms with Crippen molar-refractivity contribution in [2.75, 3.05) is 24.2 Å². The lowest BCUT2D eigenvalue weighted by Gasteiger charge is -2.21. The summed E-state index contributed by atoms with van der Waals surface area (Å²) in [6.07, 6.45) is 0.0733. The van der Waals surface area contributed by atoms with E-state index in [1.165, 1.54) is 35.6 Å². The number of hydrogen-bond donors (Lipinski definition) is 3. The van der Waals surface area contributed by atoms with Crippen LogP contribution < -0.4 is 16.0 Å². The fraction of sp³-hybridized carbons (Fsp3) is 0.300. The van der Waals surface area contributed by atoms with Crippen molar-refractivity contribution in [1.82, 2.24) is 9.62 Å². The van der Waals surface area contributed by atoms with Gasteiger partial charge in [-0.3, -0.25) is 4.79 Å². The fourth-order valence-corrected chi connectivity index (χ4v) is 4.01. The lowest BCUT2D eigenvalue weighted by molar-refractivity contribution is -0.116. The minimum absolute atomic E-state index is 0.0733. The van der Waals surface area contributed by atoms with Crippen LogP contribution in [-0.4, -0.2) is 44.3 Å². The zero-order valence-corrected chi connectivity index (χ0v) is 19.4. The van der Waals surface area contributed by atoms with Gasteiger partial charge in [-0.1, -0.05) is 15.9 Å². The molecule has 10 heteroatoms. The number of anilines is 2. The maximum absolute atomic E-state index is 12.5. The Bertz CT molecular complexity index is 977. The summed E-state index contributed by atoms with van der Waals surface area (Å²) in [5.41, 5.74) is 1.11. The molecular weight excluding hydrogens is 472 g/mol. The van der Waals surface area contributed by atoms with Gasteiger partial charge >= 0.3 is 6.03 Å². The van der Waals surface area contributed by atoms with Crippen LogP contribution >= 0.6 is 15.9 Å². The van der Waals surface area contributed by atoms with Gasteiger partial charge in [0.05, 0.1) is 4.90 Å². The zero-order chi connectivity index (χ0) is 22.3. The van der Waals surface area contributed by atoms with Gasteiger partial charge in [0.1, 0.15) is 0 Å². The van der Waals surface area contributed by atoms with Crippen molar-refractivity contribution in [2.24, 2.45) is 0 Å². The highest BCUT2D eigenvalue weighted by molar-refractivity contribution is 9.10. The van der Waals surface area contributed by atoms with Gasteiger partial charge in [0.15, 0.2) is 0 Å². The normalized spacial score (nSPS) is 11.4. The number of carbonyl (C=O) groups is 2. The molecule has 0 saturated heterocycles. The van der Waals surface area contributed by atoms with E-state index in [1.807, 2.05) is 0 Å². The van der Waals surface area contributed by atoms with Crippen molar-refractivity contribution in [2.45, 2.75) is 31.2 Å². The summed E-state index contributed by atoms with van der Waals surface area (Å²) < 4.78 is 27.1. The second-order valence-electron chi connectivity index (χ2n) is 6.83. The molecule has 3 N–H and O–H groups in total. The average Bonchev–Trinajstić information content (AvgIpc) is 2.69. The van der Waals surface area contributed by atoms with Crippen LogP contribution in [0.4, 0.5) is 16.2 Å². The molecule has 30 heavy (non-hydrogen) atoms. The third kappa shape index (κ3) is 6.82. The maximum Gasteiger partial charge on any atom is 0.319 e. The highest BCUT2D eigenvalue weighted by Crippen LogP contribution is 2.19. The van der Waals surface area contributed by atoms with E-state index in [-0.39, 0.29) is 29.8 Å². The summed E-state index contributed by atoms with van der Waals surface area (Å²) in [6, 6.07) is 12.5. The molecule has 0 aliphatic carbocycles. The third-order valence-corrected chi connectivity index (χ3v) is 6.86. The molecule has 0 atom stereocenters. The highest BCUT2D eigenvalue weighted by atomic mass is 79.9. The Morgan fingerprint density at radius 2 is 1.50 bits per heavy atom. The van der Waals surface area contributed by atoms with Gasteiger partial charge in [-0.2, -0.15) is 4.31 Å². The summed E-state index contributed by atoms with van der Waals surface area (Å²) in [5, 5.41) is 7.95. The maximum atomic E-state index is 12.5. The molecule has 3 amide bonds. The average molecular weight is 497 g/mol. The fourth-order valence-electron chi connectivity index (χ4n) is 2.38. The van der Waals surface area contributed by atoms with Gasteiger partial charge in [-0.15, -0.1) is 0 Å². The lowest BCUT2D eigenvalue weighted by atomic mass is 10.3. The Morgan fingerprint density at radius 3 is 2.07 bits per heavy atom. The first kappa shape index (κ1) is 23.8. The predicted molar refractivity (Wildman–Crippen MR) is 121 cm³/mol. The topological polar surface area (TPSA) is 108 Å². The van der Waals surface area contributed by atoms with Crippen molar-refractivity contribution in [3.05, 3.63) is 53.0 Å². The van der Waals surface area contributed by atoms with E-state index in [2.05, 4.69) is 31.9 Å². The number of halogens is 1. The molecule has 0 aromatic heterocycles. The minimum atomic E-state index is -3.57. The molecule has 2 aromatic carbocycles. The molecule has 0 bridgehead atoms. The molecule has 0 spiro atoms. The van der Waals surface area contributed by atoms with Crippen LogP contribution in [0.5, 0.6) is 0 Å². The van der Waals surface area contributed by atoms with E-state index in [1.54, 1.807) is 38.1 Å². The molecule has 0 aliphatic rings. The van der Waals surface area contributed by atoms with Gasteiger partial charge in [0.2, 0.25) is 15.9 Å². The number of urea groups is 1. The van der Waals surface area contributed by atoms with Crippen LogP contribution in [0.15, 0.2) is 57.9 Å². The van der Waals surface area contributed by atoms with Gasteiger partial charge in [-0.25, -0.2) is 13.2 Å². The van der Waals surface area contributed by atoms with Gasteiger partial charge in [-0.05, 0) is 62.4 Å². The van der Waals surface area contributed by atoms with E-state index >= 15 is 0 Å². The zero-order valence-electron chi connectivity index (χ0n) is 17.0. The van der Waals surface area contributed by atoms with Crippen LogP contribution in [0.25, 0.3) is 0 Å². The molecule has 0 aliphatic heterocycles. The van der Waals surface area contributed by atoms with Crippen LogP contribution in [-0.2, 0) is 14.8 Å². The van der Waals surface area contributed by atoms with Crippen molar-refractivity contribution >= 4 is 49.3 Å². The molecule has 8 nitrogen and oxygen atoms in total. The standard InChI is InChI=1S/C20H25BrN4O4S/c1-14(2)25(3)30(28,29)18-10-8-16(9-11-18)23-19(26)12-13-22-20(27)24-17-6-4-15(21)5-7-17/h4-11,14H,12-13H2,1-3H3,(H,23,26)(H2,22,24,27). The SMILES string of the molecule is CC(C)N(C)S(=O)(=O)c1ccc(NC(=O)CCNC(=O)Nc2ccc(Br)cc2)cc1. The van der Waals surface area contributed by atoms with Crippen molar-refractivity contribution < 1.29 is 18.0 Å². The molecule has 0 unspecified atom stereocenters. The van der Waals surface area contributed by atoms with Crippen molar-refractivity contribution in [1.29, 1.82) is 0 Å². The Morgan fingerprint density at radius 1 is 0.967 bits per heavy atom. The first-order valence-corrected chi connectivity index (χ1v) is 11.5. The van der Waals surface area contributed by atoms with Gasteiger partial charge in [0, 0.05) is 41.9 Å². The van der Waals surface area contributed by atoms with E-state index in [9.17, 15) is 18.0 Å². The molecule has 0 heterocycles. The predicted octanol–water partition coefficient (Wildman–Crippen LogP) is 3.63. The summed E-state index contributed by atoms with van der Waals surface area (Å²) in [5.74, 6) is -0.297. The van der Waals surface area contributed by atoms with Crippen LogP contribution in [0.3, 0.4) is 0 Å². The molecule has 2 rings (SSSR count). The van der Waals surface area contributed by atoms with Crippen LogP contribution in [0.1, 0.15) is 20.3 Å². The Labute approximate surface area is 185 Å². The summed E-state index contributed by atoms with van der Waals surface area (Å²) in [6.45, 7) is 3.73. The molecule has 0 saturated carbocycles. The monoisotopic (exact) mass is 496 g/mol. The Balaban J connectivity index is 1.81. The quantitative estimate of drug-likeness (QED) is 0.518. The largest absolute Gasteiger partial charge is 0.337 e. The van der Waals surface area contributed by atoms with E-state index in [4.69, 9.17) is 0 Å². The Kier molecular flexibility index (Phi) is 8.39. The third-order valence-electron chi connectivity index (χ3n) is 4.28. The van der Waals surface area contributed by atoms with E-state index < -0.39 is 16.1 Å². The lowest BCUT2D eigenvalue weighted by Crippen LogP contribution is -2.33. The molecular formula is C20H25BrN4O4S. The highest BCUT2D eigenvalue weighted by Gasteiger charge is 2.22. The summed E-state index contributed by atoms with van der Waals surface area (Å²) >= 11 is 3.32. The Hall–Kier alpha value is -2.43. The summed E-state index contributed by atoms with van der Waals surface area (Å²) in [4.78, 5) is 24.1. The number of nitrogens with zero attached hydrogens (tertiary/aromatic N) is 1. The number of benzene rings is 2. The number of amides is 3. The van der Waals surface area contributed by atoms with Crippen molar-refractivity contribution in [3.63, 3.8) is 0 Å². The van der Waals surface area contributed by atoms with Crippen LogP contribution in [0, 0.1) is 0 Å². The van der Waals surface area contributed by atoms with Gasteiger partial charge < -0.3 is 16.0 Å². The van der Waals surface area contributed by atoms with E-state index in [0.717, 1.165) is 4.47 Å². The minimum Gasteiger partial charge on any atom is -0.337 e. The number of hydrogen-bond acceptors (Lipinski definition) is 4.